The molecule has 1 aromatic carbocycles. The number of hydrogen-bond acceptors (Lipinski definition) is 7. The third-order valence-corrected chi connectivity index (χ3v) is 5.02. The minimum absolute atomic E-state index is 0.113. The molecule has 7 nitrogen and oxygen atoms in total. The van der Waals surface area contributed by atoms with E-state index in [1.165, 1.54) is 0 Å². The van der Waals surface area contributed by atoms with Crippen molar-refractivity contribution >= 4 is 17.8 Å². The molecule has 0 bridgehead atoms. The minimum Gasteiger partial charge on any atom is -0.481 e. The fourth-order valence-electron chi connectivity index (χ4n) is 3.73. The van der Waals surface area contributed by atoms with Gasteiger partial charge in [-0.25, -0.2) is 14.6 Å². The Hall–Kier alpha value is -2.41. The molecule has 0 aromatic heterocycles. The van der Waals surface area contributed by atoms with Crippen molar-refractivity contribution in [3.63, 3.8) is 0 Å². The summed E-state index contributed by atoms with van der Waals surface area (Å²) in [5.74, 6) is -1.64. The predicted molar refractivity (Wildman–Crippen MR) is 106 cm³/mol. The predicted octanol–water partition coefficient (Wildman–Crippen LogP) is 2.91. The first-order valence-corrected chi connectivity index (χ1v) is 10.0. The lowest BCUT2D eigenvalue weighted by atomic mass is 9.79. The summed E-state index contributed by atoms with van der Waals surface area (Å²) in [6.07, 6.45) is 0.567. The summed E-state index contributed by atoms with van der Waals surface area (Å²) in [7, 11) is 0. The van der Waals surface area contributed by atoms with Gasteiger partial charge in [0.2, 0.25) is 0 Å². The van der Waals surface area contributed by atoms with Crippen molar-refractivity contribution in [2.75, 3.05) is 19.8 Å². The maximum atomic E-state index is 13.0. The van der Waals surface area contributed by atoms with Crippen molar-refractivity contribution in [3.8, 4) is 0 Å². The number of aliphatic imine (C=N–C) groups is 1. The van der Waals surface area contributed by atoms with Gasteiger partial charge in [-0.05, 0) is 39.7 Å². The molecular weight excluding hydrogens is 374 g/mol. The van der Waals surface area contributed by atoms with E-state index in [2.05, 4.69) is 4.99 Å². The van der Waals surface area contributed by atoms with Crippen molar-refractivity contribution in [1.82, 2.24) is 0 Å². The monoisotopic (exact) mass is 403 g/mol. The Kier molecular flexibility index (Phi) is 6.27. The average Bonchev–Trinajstić information content (AvgIpc) is 3.14. The number of carbonyl (C=O) groups excluding carboxylic acids is 2. The van der Waals surface area contributed by atoms with E-state index in [1.54, 1.807) is 20.8 Å². The van der Waals surface area contributed by atoms with Gasteiger partial charge in [-0.1, -0.05) is 30.3 Å². The normalized spacial score (nSPS) is 25.9. The van der Waals surface area contributed by atoms with Crippen molar-refractivity contribution in [2.45, 2.75) is 51.9 Å². The van der Waals surface area contributed by atoms with Gasteiger partial charge in [0.25, 0.3) is 5.54 Å². The van der Waals surface area contributed by atoms with Gasteiger partial charge < -0.3 is 18.9 Å². The van der Waals surface area contributed by atoms with Crippen LogP contribution in [0.3, 0.4) is 0 Å². The number of carbonyl (C=O) groups is 2. The first kappa shape index (κ1) is 21.3. The largest absolute Gasteiger partial charge is 0.481 e. The van der Waals surface area contributed by atoms with Crippen molar-refractivity contribution < 1.29 is 28.5 Å². The fourth-order valence-corrected chi connectivity index (χ4v) is 3.73. The molecule has 1 aromatic rings. The Balaban J connectivity index is 1.73. The first-order valence-electron chi connectivity index (χ1n) is 10.0. The topological polar surface area (TPSA) is 83.4 Å². The van der Waals surface area contributed by atoms with Crippen LogP contribution < -0.4 is 0 Å². The molecular formula is C22H29NO6. The van der Waals surface area contributed by atoms with Crippen LogP contribution >= 0.6 is 0 Å². The molecule has 7 heteroatoms. The van der Waals surface area contributed by atoms with E-state index in [0.29, 0.717) is 32.1 Å². The molecule has 0 saturated carbocycles. The SMILES string of the molecule is CCOC1=N[C@]2(C(=O)OC(C)(C)C)C(=O)OC[C@@H]2[C@H]1CCOCc1ccccc1. The van der Waals surface area contributed by atoms with Crippen LogP contribution in [0.15, 0.2) is 35.3 Å². The van der Waals surface area contributed by atoms with Crippen molar-refractivity contribution in [3.05, 3.63) is 35.9 Å². The van der Waals surface area contributed by atoms with E-state index < -0.39 is 29.0 Å². The third kappa shape index (κ3) is 4.45. The van der Waals surface area contributed by atoms with Gasteiger partial charge >= 0.3 is 11.9 Å². The van der Waals surface area contributed by atoms with Crippen LogP contribution in [0, 0.1) is 11.8 Å². The van der Waals surface area contributed by atoms with Crippen LogP contribution in [0.5, 0.6) is 0 Å². The van der Waals surface area contributed by atoms with Gasteiger partial charge in [-0.2, -0.15) is 0 Å². The molecule has 1 saturated heterocycles. The van der Waals surface area contributed by atoms with Gasteiger partial charge in [0.15, 0.2) is 5.90 Å². The zero-order chi connectivity index (χ0) is 21.1. The molecule has 0 unspecified atom stereocenters. The molecule has 0 N–H and O–H groups in total. The van der Waals surface area contributed by atoms with Crippen LogP contribution in [-0.2, 0) is 35.1 Å². The Morgan fingerprint density at radius 2 is 2.00 bits per heavy atom. The lowest BCUT2D eigenvalue weighted by Crippen LogP contribution is -2.49. The number of nitrogens with zero attached hydrogens (tertiary/aromatic N) is 1. The minimum atomic E-state index is -1.68. The molecule has 1 fully saturated rings. The maximum absolute atomic E-state index is 13.0. The number of benzene rings is 1. The van der Waals surface area contributed by atoms with E-state index in [4.69, 9.17) is 18.9 Å². The fraction of sp³-hybridized carbons (Fsp3) is 0.591. The maximum Gasteiger partial charge on any atom is 0.346 e. The number of cyclic esters (lactones) is 1. The Morgan fingerprint density at radius 3 is 2.66 bits per heavy atom. The first-order chi connectivity index (χ1) is 13.8. The zero-order valence-corrected chi connectivity index (χ0v) is 17.5. The molecule has 0 amide bonds. The van der Waals surface area contributed by atoms with Gasteiger partial charge in [-0.15, -0.1) is 0 Å². The number of hydrogen-bond donors (Lipinski definition) is 0. The van der Waals surface area contributed by atoms with Gasteiger partial charge in [0, 0.05) is 12.5 Å². The van der Waals surface area contributed by atoms with Crippen LogP contribution in [0.4, 0.5) is 0 Å². The summed E-state index contributed by atoms with van der Waals surface area (Å²) in [4.78, 5) is 30.0. The highest BCUT2D eigenvalue weighted by Gasteiger charge is 2.67. The molecule has 2 aliphatic rings. The van der Waals surface area contributed by atoms with Gasteiger partial charge in [0.05, 0.1) is 25.7 Å². The third-order valence-electron chi connectivity index (χ3n) is 5.02. The van der Waals surface area contributed by atoms with Crippen LogP contribution in [-0.4, -0.2) is 48.8 Å². The van der Waals surface area contributed by atoms with Crippen LogP contribution in [0.25, 0.3) is 0 Å². The molecule has 0 spiro atoms. The molecule has 0 aliphatic carbocycles. The Morgan fingerprint density at radius 1 is 1.28 bits per heavy atom. The van der Waals surface area contributed by atoms with Crippen LogP contribution in [0.1, 0.15) is 39.7 Å². The summed E-state index contributed by atoms with van der Waals surface area (Å²) < 4.78 is 22.3. The molecule has 3 rings (SSSR count). The lowest BCUT2D eigenvalue weighted by Gasteiger charge is -2.27. The standard InChI is InChI=1S/C22H29NO6/c1-5-27-18-16(11-12-26-13-15-9-7-6-8-10-15)17-14-28-19(24)22(17,23-18)20(25)29-21(2,3)4/h6-10,16-17H,5,11-14H2,1-4H3/t16-,17-,22+/m1/s1. The van der Waals surface area contributed by atoms with E-state index in [-0.39, 0.29) is 12.5 Å². The molecule has 2 heterocycles. The highest BCUT2D eigenvalue weighted by molar-refractivity contribution is 6.11. The quantitative estimate of drug-likeness (QED) is 0.395. The van der Waals surface area contributed by atoms with Crippen molar-refractivity contribution in [1.29, 1.82) is 0 Å². The molecule has 0 radical (unpaired) electrons. The Bertz CT molecular complexity index is 769. The number of rotatable bonds is 7. The van der Waals surface area contributed by atoms with E-state index in [9.17, 15) is 9.59 Å². The summed E-state index contributed by atoms with van der Waals surface area (Å²) in [5.41, 5.74) is -1.33. The molecule has 3 atom stereocenters. The van der Waals surface area contributed by atoms with Crippen LogP contribution in [0.2, 0.25) is 0 Å². The smallest absolute Gasteiger partial charge is 0.346 e. The second kappa shape index (κ2) is 8.53. The summed E-state index contributed by atoms with van der Waals surface area (Å²) in [6, 6.07) is 9.89. The average molecular weight is 403 g/mol. The lowest BCUT2D eigenvalue weighted by molar-refractivity contribution is -0.167. The number of esters is 2. The van der Waals surface area contributed by atoms with E-state index in [1.807, 2.05) is 37.3 Å². The summed E-state index contributed by atoms with van der Waals surface area (Å²) in [5, 5.41) is 0. The molecule has 29 heavy (non-hydrogen) atoms. The second-order valence-electron chi connectivity index (χ2n) is 8.29. The molecule has 2 aliphatic heterocycles. The van der Waals surface area contributed by atoms with E-state index >= 15 is 0 Å². The molecule has 158 valence electrons. The number of fused-ring (bicyclic) bond motifs is 1. The highest BCUT2D eigenvalue weighted by Crippen LogP contribution is 2.45. The Labute approximate surface area is 171 Å². The van der Waals surface area contributed by atoms with E-state index in [0.717, 1.165) is 5.56 Å². The van der Waals surface area contributed by atoms with Gasteiger partial charge in [0.1, 0.15) is 5.60 Å². The summed E-state index contributed by atoms with van der Waals surface area (Å²) in [6.45, 7) is 8.56. The van der Waals surface area contributed by atoms with Gasteiger partial charge in [-0.3, -0.25) is 0 Å². The highest BCUT2D eigenvalue weighted by atomic mass is 16.6. The second-order valence-corrected chi connectivity index (χ2v) is 8.29. The van der Waals surface area contributed by atoms with Crippen molar-refractivity contribution in [2.24, 2.45) is 16.8 Å². The summed E-state index contributed by atoms with van der Waals surface area (Å²) >= 11 is 0. The zero-order valence-electron chi connectivity index (χ0n) is 17.5. The number of ether oxygens (including phenoxy) is 4.